The molecule has 8 nitrogen and oxygen atoms in total. The van der Waals surface area contributed by atoms with E-state index >= 15 is 0 Å². The molecule has 160 valence electrons. The van der Waals surface area contributed by atoms with Crippen LogP contribution in [0.5, 0.6) is 5.75 Å². The van der Waals surface area contributed by atoms with Crippen LogP contribution in [-0.4, -0.2) is 33.8 Å². The van der Waals surface area contributed by atoms with Crippen LogP contribution < -0.4 is 20.5 Å². The Hall–Kier alpha value is -3.82. The molecule has 0 saturated heterocycles. The summed E-state index contributed by atoms with van der Waals surface area (Å²) in [7, 11) is 0. The van der Waals surface area contributed by atoms with Crippen LogP contribution in [0.3, 0.4) is 0 Å². The van der Waals surface area contributed by atoms with Gasteiger partial charge >= 0.3 is 0 Å². The van der Waals surface area contributed by atoms with E-state index in [0.29, 0.717) is 25.6 Å². The number of nitrogens with one attached hydrogen (secondary N) is 1. The van der Waals surface area contributed by atoms with Crippen molar-refractivity contribution in [1.29, 1.82) is 0 Å². The number of carbonyl (C=O) groups is 1. The fraction of sp³-hybridized carbons (Fsp3) is 0.238. The number of halogens is 2. The fourth-order valence-electron chi connectivity index (χ4n) is 3.34. The number of benzene rings is 2. The van der Waals surface area contributed by atoms with Gasteiger partial charge in [0, 0.05) is 30.9 Å². The van der Waals surface area contributed by atoms with Crippen molar-refractivity contribution < 1.29 is 18.3 Å². The highest BCUT2D eigenvalue weighted by Crippen LogP contribution is 2.28. The number of aromatic nitrogens is 3. The number of fused-ring (bicyclic) bond motifs is 1. The Bertz CT molecular complexity index is 1160. The van der Waals surface area contributed by atoms with Crippen molar-refractivity contribution in [3.8, 4) is 5.75 Å². The topological polar surface area (TPSA) is 89.3 Å². The molecule has 10 heteroatoms. The van der Waals surface area contributed by atoms with E-state index in [9.17, 15) is 18.4 Å². The molecule has 1 aliphatic heterocycles. The highest BCUT2D eigenvalue weighted by atomic mass is 19.1. The minimum atomic E-state index is -0.852. The van der Waals surface area contributed by atoms with Gasteiger partial charge in [-0.15, -0.1) is 10.2 Å². The molecule has 0 saturated carbocycles. The summed E-state index contributed by atoms with van der Waals surface area (Å²) in [5.74, 6) is -1.39. The highest BCUT2D eigenvalue weighted by molar-refractivity contribution is 5.91. The van der Waals surface area contributed by atoms with Crippen LogP contribution in [0.25, 0.3) is 0 Å². The molecule has 0 atom stereocenters. The monoisotopic (exact) mass is 427 g/mol. The molecule has 3 aromatic rings. The zero-order valence-electron chi connectivity index (χ0n) is 16.6. The fourth-order valence-corrected chi connectivity index (χ4v) is 3.34. The quantitative estimate of drug-likeness (QED) is 0.650. The summed E-state index contributed by atoms with van der Waals surface area (Å²) < 4.78 is 34.3. The Morgan fingerprint density at radius 2 is 1.81 bits per heavy atom. The van der Waals surface area contributed by atoms with Gasteiger partial charge in [0.15, 0.2) is 0 Å². The molecule has 0 radical (unpaired) electrons. The van der Waals surface area contributed by atoms with Gasteiger partial charge in [0.25, 0.3) is 11.5 Å². The average Bonchev–Trinajstić information content (AvgIpc) is 3.19. The molecule has 1 aromatic heterocycles. The molecule has 31 heavy (non-hydrogen) atoms. The lowest BCUT2D eigenvalue weighted by molar-refractivity contribution is 0.0941. The third-order valence-electron chi connectivity index (χ3n) is 4.88. The van der Waals surface area contributed by atoms with Gasteiger partial charge in [-0.3, -0.25) is 14.2 Å². The second kappa shape index (κ2) is 8.50. The minimum Gasteiger partial charge on any atom is -0.494 e. The zero-order chi connectivity index (χ0) is 22.0. The van der Waals surface area contributed by atoms with Crippen molar-refractivity contribution in [3.63, 3.8) is 0 Å². The van der Waals surface area contributed by atoms with Crippen LogP contribution in [0.2, 0.25) is 0 Å². The number of amides is 1. The first kappa shape index (κ1) is 20.5. The highest BCUT2D eigenvalue weighted by Gasteiger charge is 2.27. The lowest BCUT2D eigenvalue weighted by Crippen LogP contribution is -2.35. The Balaban J connectivity index is 1.53. The second-order valence-corrected chi connectivity index (χ2v) is 6.77. The molecule has 0 fully saturated rings. The van der Waals surface area contributed by atoms with Gasteiger partial charge in [-0.05, 0) is 43.3 Å². The summed E-state index contributed by atoms with van der Waals surface area (Å²) in [6, 6.07) is 10.7. The van der Waals surface area contributed by atoms with Gasteiger partial charge in [0.1, 0.15) is 17.4 Å². The Kier molecular flexibility index (Phi) is 5.61. The lowest BCUT2D eigenvalue weighted by atomic mass is 10.2. The summed E-state index contributed by atoms with van der Waals surface area (Å²) in [4.78, 5) is 27.0. The molecule has 0 bridgehead atoms. The van der Waals surface area contributed by atoms with Crippen LogP contribution >= 0.6 is 0 Å². The molecule has 0 unspecified atom stereocenters. The van der Waals surface area contributed by atoms with Crippen LogP contribution in [0.1, 0.15) is 23.0 Å². The van der Waals surface area contributed by atoms with Gasteiger partial charge in [0.05, 0.1) is 6.61 Å². The van der Waals surface area contributed by atoms with Crippen molar-refractivity contribution in [2.45, 2.75) is 20.0 Å². The van der Waals surface area contributed by atoms with Gasteiger partial charge in [-0.1, -0.05) is 6.07 Å². The van der Waals surface area contributed by atoms with Crippen LogP contribution in [0.15, 0.2) is 47.3 Å². The molecule has 1 N–H and O–H groups in total. The number of anilines is 2. The first-order valence-corrected chi connectivity index (χ1v) is 9.68. The summed E-state index contributed by atoms with van der Waals surface area (Å²) in [6.45, 7) is 2.83. The van der Waals surface area contributed by atoms with Gasteiger partial charge < -0.3 is 15.0 Å². The van der Waals surface area contributed by atoms with Gasteiger partial charge in [-0.2, -0.15) is 0 Å². The SMILES string of the molecule is CCOc1ccc(N2CCn3c2nnc(C(=O)NCc2c(F)cccc2F)c3=O)cc1. The lowest BCUT2D eigenvalue weighted by Gasteiger charge is -2.17. The van der Waals surface area contributed by atoms with E-state index in [4.69, 9.17) is 4.74 Å². The zero-order valence-corrected chi connectivity index (χ0v) is 16.6. The van der Waals surface area contributed by atoms with Crippen molar-refractivity contribution in [2.24, 2.45) is 0 Å². The van der Waals surface area contributed by atoms with Gasteiger partial charge in [0.2, 0.25) is 11.6 Å². The van der Waals surface area contributed by atoms with Crippen molar-refractivity contribution in [2.75, 3.05) is 18.1 Å². The van der Waals surface area contributed by atoms with Crippen molar-refractivity contribution >= 4 is 17.5 Å². The number of ether oxygens (including phenoxy) is 1. The largest absolute Gasteiger partial charge is 0.494 e. The molecule has 2 aromatic carbocycles. The number of hydrogen-bond donors (Lipinski definition) is 1. The number of carbonyl (C=O) groups excluding carboxylic acids is 1. The summed E-state index contributed by atoms with van der Waals surface area (Å²) >= 11 is 0. The third-order valence-corrected chi connectivity index (χ3v) is 4.88. The van der Waals surface area contributed by atoms with E-state index in [-0.39, 0.29) is 5.56 Å². The number of nitrogens with zero attached hydrogens (tertiary/aromatic N) is 4. The maximum Gasteiger partial charge on any atom is 0.286 e. The minimum absolute atomic E-state index is 0.299. The second-order valence-electron chi connectivity index (χ2n) is 6.77. The predicted octanol–water partition coefficient (Wildman–Crippen LogP) is 2.40. The van der Waals surface area contributed by atoms with E-state index < -0.39 is 35.3 Å². The normalized spacial score (nSPS) is 12.5. The number of rotatable bonds is 6. The molecule has 2 heterocycles. The molecule has 1 amide bonds. The summed E-state index contributed by atoms with van der Waals surface area (Å²) in [5, 5.41) is 10.2. The molecule has 0 aliphatic carbocycles. The molecule has 4 rings (SSSR count). The van der Waals surface area contributed by atoms with E-state index in [1.54, 1.807) is 4.90 Å². The molecule has 1 aliphatic rings. The van der Waals surface area contributed by atoms with E-state index in [0.717, 1.165) is 23.6 Å². The van der Waals surface area contributed by atoms with Crippen LogP contribution in [0.4, 0.5) is 20.4 Å². The number of hydrogen-bond acceptors (Lipinski definition) is 6. The Morgan fingerprint density at radius 3 is 2.48 bits per heavy atom. The first-order chi connectivity index (χ1) is 15.0. The average molecular weight is 427 g/mol. The standard InChI is InChI=1S/C21H19F2N5O3/c1-2-31-14-8-6-13(7-9-14)27-10-11-28-20(30)18(25-26-21(27)28)19(29)24-12-15-16(22)4-3-5-17(15)23/h3-9H,2,10-12H2,1H3,(H,24,29). The first-order valence-electron chi connectivity index (χ1n) is 9.68. The smallest absolute Gasteiger partial charge is 0.286 e. The van der Waals surface area contributed by atoms with Crippen molar-refractivity contribution in [3.05, 3.63) is 75.7 Å². The maximum absolute atomic E-state index is 13.7. The molecule has 0 spiro atoms. The van der Waals surface area contributed by atoms with Gasteiger partial charge in [-0.25, -0.2) is 8.78 Å². The maximum atomic E-state index is 13.7. The molecular formula is C21H19F2N5O3. The van der Waals surface area contributed by atoms with E-state index in [1.807, 2.05) is 31.2 Å². The Morgan fingerprint density at radius 1 is 1.10 bits per heavy atom. The van der Waals surface area contributed by atoms with E-state index in [2.05, 4.69) is 15.5 Å². The molecular weight excluding hydrogens is 408 g/mol. The Labute approximate surface area is 176 Å². The summed E-state index contributed by atoms with van der Waals surface area (Å²) in [5.41, 5.74) is -0.554. The van der Waals surface area contributed by atoms with Crippen molar-refractivity contribution in [1.82, 2.24) is 20.1 Å². The van der Waals surface area contributed by atoms with E-state index in [1.165, 1.54) is 10.6 Å². The third kappa shape index (κ3) is 3.96. The summed E-state index contributed by atoms with van der Waals surface area (Å²) in [6.07, 6.45) is 0. The van der Waals surface area contributed by atoms with Crippen LogP contribution in [-0.2, 0) is 13.1 Å². The predicted molar refractivity (Wildman–Crippen MR) is 108 cm³/mol. The van der Waals surface area contributed by atoms with Crippen LogP contribution in [0, 0.1) is 11.6 Å².